The van der Waals surface area contributed by atoms with Crippen LogP contribution >= 0.6 is 0 Å². The lowest BCUT2D eigenvalue weighted by molar-refractivity contribution is 0.284. The van der Waals surface area contributed by atoms with Crippen LogP contribution in [0.15, 0.2) is 36.6 Å². The third-order valence-electron chi connectivity index (χ3n) is 4.12. The molecule has 1 aliphatic rings. The largest absolute Gasteiger partial charge is 0.480 e. The van der Waals surface area contributed by atoms with Crippen LogP contribution < -0.4 is 15.2 Å². The van der Waals surface area contributed by atoms with Crippen LogP contribution in [-0.2, 0) is 6.54 Å². The molecule has 0 spiro atoms. The molecule has 0 amide bonds. The summed E-state index contributed by atoms with van der Waals surface area (Å²) in [6.07, 6.45) is 6.39. The highest BCUT2D eigenvalue weighted by Crippen LogP contribution is 2.26. The normalized spacial score (nSPS) is 16.2. The van der Waals surface area contributed by atoms with Gasteiger partial charge in [0.25, 0.3) is 6.01 Å². The van der Waals surface area contributed by atoms with Gasteiger partial charge < -0.3 is 20.3 Å². The molecule has 8 nitrogen and oxygen atoms in total. The van der Waals surface area contributed by atoms with Crippen LogP contribution in [0.2, 0.25) is 0 Å². The number of aromatic nitrogens is 4. The molecule has 0 saturated heterocycles. The quantitative estimate of drug-likeness (QED) is 0.639. The van der Waals surface area contributed by atoms with Crippen LogP contribution in [0.3, 0.4) is 0 Å². The Morgan fingerprint density at radius 3 is 3.00 bits per heavy atom. The van der Waals surface area contributed by atoms with Gasteiger partial charge >= 0.3 is 6.01 Å². The summed E-state index contributed by atoms with van der Waals surface area (Å²) in [7, 11) is 0. The Hall–Kier alpha value is -3.29. The lowest BCUT2D eigenvalue weighted by Gasteiger charge is -2.09. The van der Waals surface area contributed by atoms with E-state index in [1.807, 2.05) is 30.3 Å². The maximum atomic E-state index is 10.3. The standard InChI is InChI=1S/C18H19N5O3/c19-15-14-16-22-17(21-15)26-9-4-2-1-3-8-25-13-7-5-6-12(10-13)11-23(16)18(24)20-14/h3,5-8,10H,1-2,4,9,11H2,(H,20,24)(H2,19,21,22)/b8-3+. The highest BCUT2D eigenvalue weighted by molar-refractivity contribution is 5.83. The zero-order valence-electron chi connectivity index (χ0n) is 14.1. The minimum Gasteiger partial charge on any atom is -0.480 e. The Morgan fingerprint density at radius 1 is 1.15 bits per heavy atom. The molecule has 26 heavy (non-hydrogen) atoms. The van der Waals surface area contributed by atoms with Crippen molar-refractivity contribution in [1.82, 2.24) is 19.5 Å². The lowest BCUT2D eigenvalue weighted by atomic mass is 10.2. The van der Waals surface area contributed by atoms with Crippen LogP contribution in [0, 0.1) is 0 Å². The van der Waals surface area contributed by atoms with Gasteiger partial charge in [-0.05, 0) is 43.0 Å². The molecule has 0 saturated carbocycles. The van der Waals surface area contributed by atoms with Gasteiger partial charge in [0, 0.05) is 0 Å². The number of nitrogens with two attached hydrogens (primary N) is 1. The van der Waals surface area contributed by atoms with E-state index in [-0.39, 0.29) is 17.8 Å². The lowest BCUT2D eigenvalue weighted by Crippen LogP contribution is -2.06. The van der Waals surface area contributed by atoms with Crippen LogP contribution in [0.1, 0.15) is 24.8 Å². The molecule has 0 atom stereocenters. The summed E-state index contributed by atoms with van der Waals surface area (Å²) in [5.74, 6) is 0.910. The van der Waals surface area contributed by atoms with Crippen LogP contribution in [0.5, 0.6) is 17.8 Å². The Labute approximate surface area is 149 Å². The van der Waals surface area contributed by atoms with E-state index in [0.29, 0.717) is 24.3 Å². The number of hydrogen-bond donors (Lipinski definition) is 2. The molecule has 4 bridgehead atoms. The monoisotopic (exact) mass is 353 g/mol. The first kappa shape index (κ1) is 16.2. The molecule has 1 aromatic carbocycles. The smallest absolute Gasteiger partial charge is 0.320 e. The highest BCUT2D eigenvalue weighted by atomic mass is 16.5. The van der Waals surface area contributed by atoms with Crippen molar-refractivity contribution in [2.45, 2.75) is 25.8 Å². The molecule has 0 radical (unpaired) electrons. The molecule has 0 aliphatic carbocycles. The molecule has 3 aromatic rings. The fraction of sp³-hybridized carbons (Fsp3) is 0.278. The van der Waals surface area contributed by atoms with Gasteiger partial charge in [-0.25, -0.2) is 0 Å². The summed E-state index contributed by atoms with van der Waals surface area (Å²) in [5, 5.41) is 10.3. The maximum Gasteiger partial charge on any atom is 0.320 e. The molecular weight excluding hydrogens is 334 g/mol. The molecular formula is C18H19N5O3. The molecule has 4 rings (SSSR count). The summed E-state index contributed by atoms with van der Waals surface area (Å²) >= 11 is 0. The second-order valence-corrected chi connectivity index (χ2v) is 6.04. The van der Waals surface area contributed by atoms with Crippen molar-refractivity contribution < 1.29 is 14.6 Å². The number of nitrogens with zero attached hydrogens (tertiary/aromatic N) is 4. The summed E-state index contributed by atoms with van der Waals surface area (Å²) in [5.41, 5.74) is 7.69. The topological polar surface area (TPSA) is 108 Å². The zero-order chi connectivity index (χ0) is 17.9. The van der Waals surface area contributed by atoms with Gasteiger partial charge in [0.15, 0.2) is 17.0 Å². The molecule has 0 fully saturated rings. The molecule has 2 aromatic heterocycles. The number of rotatable bonds is 0. The average molecular weight is 353 g/mol. The predicted molar refractivity (Wildman–Crippen MR) is 96.1 cm³/mol. The van der Waals surface area contributed by atoms with Gasteiger partial charge in [-0.1, -0.05) is 12.1 Å². The molecule has 0 unspecified atom stereocenters. The molecule has 3 heterocycles. The van der Waals surface area contributed by atoms with Gasteiger partial charge in [0.1, 0.15) is 5.75 Å². The van der Waals surface area contributed by atoms with E-state index in [2.05, 4.69) is 15.0 Å². The van der Waals surface area contributed by atoms with Crippen LogP contribution in [-0.4, -0.2) is 31.2 Å². The molecule has 134 valence electrons. The Morgan fingerprint density at radius 2 is 2.08 bits per heavy atom. The second kappa shape index (κ2) is 6.91. The van der Waals surface area contributed by atoms with E-state index >= 15 is 0 Å². The average Bonchev–Trinajstić information content (AvgIpc) is 2.93. The summed E-state index contributed by atoms with van der Waals surface area (Å²) in [4.78, 5) is 12.6. The van der Waals surface area contributed by atoms with E-state index in [0.717, 1.165) is 30.6 Å². The number of anilines is 1. The van der Waals surface area contributed by atoms with Crippen molar-refractivity contribution >= 4 is 17.0 Å². The number of aromatic hydroxyl groups is 1. The number of imidazole rings is 1. The SMILES string of the molecule is Nc1nc2nc3c1nc(O)n3Cc1cccc(c1)O/C=C/CCCCO2. The minimum absolute atomic E-state index is 0.175. The Kier molecular flexibility index (Phi) is 4.30. The first-order valence-electron chi connectivity index (χ1n) is 8.47. The van der Waals surface area contributed by atoms with Crippen LogP contribution in [0.25, 0.3) is 11.2 Å². The van der Waals surface area contributed by atoms with Crippen molar-refractivity contribution in [3.8, 4) is 17.8 Å². The Balaban J connectivity index is 1.79. The number of nitrogen functional groups attached to an aromatic ring is 1. The van der Waals surface area contributed by atoms with Crippen molar-refractivity contribution in [2.24, 2.45) is 0 Å². The highest BCUT2D eigenvalue weighted by Gasteiger charge is 2.17. The van der Waals surface area contributed by atoms with Crippen molar-refractivity contribution in [3.63, 3.8) is 0 Å². The second-order valence-electron chi connectivity index (χ2n) is 6.04. The fourth-order valence-electron chi connectivity index (χ4n) is 2.82. The predicted octanol–water partition coefficient (Wildman–Crippen LogP) is 2.62. The van der Waals surface area contributed by atoms with Crippen LogP contribution in [0.4, 0.5) is 5.82 Å². The van der Waals surface area contributed by atoms with E-state index in [9.17, 15) is 5.11 Å². The maximum absolute atomic E-state index is 10.3. The van der Waals surface area contributed by atoms with E-state index < -0.39 is 0 Å². The first-order chi connectivity index (χ1) is 12.7. The fourth-order valence-corrected chi connectivity index (χ4v) is 2.82. The third kappa shape index (κ3) is 3.26. The van der Waals surface area contributed by atoms with Gasteiger partial charge in [0.2, 0.25) is 0 Å². The van der Waals surface area contributed by atoms with Crippen molar-refractivity contribution in [2.75, 3.05) is 12.3 Å². The summed E-state index contributed by atoms with van der Waals surface area (Å²) in [6.45, 7) is 0.845. The van der Waals surface area contributed by atoms with Crippen molar-refractivity contribution in [1.29, 1.82) is 0 Å². The van der Waals surface area contributed by atoms with E-state index in [1.54, 1.807) is 10.8 Å². The number of allylic oxidation sites excluding steroid dienone is 1. The van der Waals surface area contributed by atoms with Crippen molar-refractivity contribution in [3.05, 3.63) is 42.2 Å². The van der Waals surface area contributed by atoms with Gasteiger partial charge in [-0.2, -0.15) is 15.0 Å². The van der Waals surface area contributed by atoms with Gasteiger partial charge in [-0.15, -0.1) is 0 Å². The van der Waals surface area contributed by atoms with E-state index in [4.69, 9.17) is 15.2 Å². The first-order valence-corrected chi connectivity index (χ1v) is 8.47. The molecule has 3 N–H and O–H groups in total. The van der Waals surface area contributed by atoms with E-state index in [1.165, 1.54) is 0 Å². The number of benzene rings is 1. The number of fused-ring (bicyclic) bond motifs is 3. The molecule has 1 aliphatic heterocycles. The number of hydrogen-bond acceptors (Lipinski definition) is 7. The van der Waals surface area contributed by atoms with Gasteiger partial charge in [-0.3, -0.25) is 4.57 Å². The minimum atomic E-state index is -0.175. The summed E-state index contributed by atoms with van der Waals surface area (Å²) < 4.78 is 12.8. The van der Waals surface area contributed by atoms with Gasteiger partial charge in [0.05, 0.1) is 19.4 Å². The zero-order valence-corrected chi connectivity index (χ0v) is 14.1. The third-order valence-corrected chi connectivity index (χ3v) is 4.12. The molecule has 8 heteroatoms. The summed E-state index contributed by atoms with van der Waals surface area (Å²) in [6, 6.07) is 7.64. The Bertz CT molecular complexity index is 967. The number of ether oxygens (including phenoxy) is 2.